The van der Waals surface area contributed by atoms with E-state index in [2.05, 4.69) is 15.0 Å². The maximum absolute atomic E-state index is 12.6. The molecule has 3 aromatic rings. The second kappa shape index (κ2) is 6.54. The zero-order chi connectivity index (χ0) is 16.5. The number of aryl methyl sites for hydroxylation is 1. The molecule has 0 unspecified atom stereocenters. The van der Waals surface area contributed by atoms with Gasteiger partial charge in [0.1, 0.15) is 17.1 Å². The molecule has 6 nitrogen and oxygen atoms in total. The van der Waals surface area contributed by atoms with Crippen molar-refractivity contribution in [2.75, 3.05) is 19.0 Å². The third kappa shape index (κ3) is 2.81. The third-order valence-electron chi connectivity index (χ3n) is 3.74. The molecule has 4 rings (SSSR count). The fourth-order valence-electron chi connectivity index (χ4n) is 2.70. The number of pyridine rings is 1. The number of nitrogens with zero attached hydrogens (tertiary/aromatic N) is 2. The Hall–Kier alpha value is -1.90. The molecule has 2 N–H and O–H groups in total. The van der Waals surface area contributed by atoms with E-state index >= 15 is 0 Å². The summed E-state index contributed by atoms with van der Waals surface area (Å²) in [6.07, 6.45) is 2.03. The summed E-state index contributed by atoms with van der Waals surface area (Å²) >= 11 is 3.38. The van der Waals surface area contributed by atoms with E-state index in [0.29, 0.717) is 17.4 Å². The second-order valence-electron chi connectivity index (χ2n) is 5.35. The number of fused-ring (bicyclic) bond motifs is 3. The van der Waals surface area contributed by atoms with Crippen molar-refractivity contribution in [1.82, 2.24) is 15.0 Å². The number of H-pyrrole nitrogens is 1. The normalized spacial score (nSPS) is 13.9. The highest BCUT2D eigenvalue weighted by Gasteiger charge is 2.20. The Kier molecular flexibility index (Phi) is 4.26. The lowest BCUT2D eigenvalue weighted by Gasteiger charge is -2.09. The molecule has 0 aromatic carbocycles. The van der Waals surface area contributed by atoms with E-state index in [4.69, 9.17) is 9.84 Å². The van der Waals surface area contributed by atoms with E-state index in [-0.39, 0.29) is 18.8 Å². The molecule has 0 fully saturated rings. The van der Waals surface area contributed by atoms with Crippen LogP contribution in [0.25, 0.3) is 21.7 Å². The lowest BCUT2D eigenvalue weighted by molar-refractivity contribution is 0.197. The van der Waals surface area contributed by atoms with Gasteiger partial charge in [0.15, 0.2) is 5.82 Å². The van der Waals surface area contributed by atoms with Gasteiger partial charge in [-0.1, -0.05) is 6.07 Å². The van der Waals surface area contributed by atoms with Crippen LogP contribution in [0.5, 0.6) is 5.88 Å². The number of hydrogen-bond acceptors (Lipinski definition) is 7. The molecule has 0 aliphatic carbocycles. The first-order valence-electron chi connectivity index (χ1n) is 7.66. The van der Waals surface area contributed by atoms with Gasteiger partial charge in [-0.2, -0.15) is 0 Å². The van der Waals surface area contributed by atoms with Crippen molar-refractivity contribution in [2.24, 2.45) is 0 Å². The average Bonchev–Trinajstić information content (AvgIpc) is 2.99. The quantitative estimate of drug-likeness (QED) is 0.742. The summed E-state index contributed by atoms with van der Waals surface area (Å²) in [5.74, 6) is 1.92. The fraction of sp³-hybridized carbons (Fsp3) is 0.312. The Balaban J connectivity index is 1.79. The Bertz CT molecular complexity index is 951. The Morgan fingerprint density at radius 1 is 1.33 bits per heavy atom. The summed E-state index contributed by atoms with van der Waals surface area (Å²) in [4.78, 5) is 25.1. The summed E-state index contributed by atoms with van der Waals surface area (Å²) in [7, 11) is 0. The second-order valence-corrected chi connectivity index (χ2v) is 7.71. The van der Waals surface area contributed by atoms with Crippen molar-refractivity contribution < 1.29 is 9.84 Å². The van der Waals surface area contributed by atoms with Crippen molar-refractivity contribution in [3.8, 4) is 17.4 Å². The summed E-state index contributed by atoms with van der Waals surface area (Å²) in [5.41, 5.74) is 1.57. The van der Waals surface area contributed by atoms with Crippen molar-refractivity contribution in [3.05, 3.63) is 34.1 Å². The number of thioether (sulfide) groups is 1. The molecule has 0 saturated carbocycles. The first-order valence-corrected chi connectivity index (χ1v) is 9.46. The topological polar surface area (TPSA) is 88.1 Å². The summed E-state index contributed by atoms with van der Waals surface area (Å²) in [5, 5.41) is 9.56. The molecule has 4 heterocycles. The monoisotopic (exact) mass is 361 g/mol. The Labute approximate surface area is 145 Å². The van der Waals surface area contributed by atoms with Crippen LogP contribution in [-0.4, -0.2) is 39.0 Å². The van der Waals surface area contributed by atoms with E-state index in [1.165, 1.54) is 4.21 Å². The lowest BCUT2D eigenvalue weighted by atomic mass is 10.1. The van der Waals surface area contributed by atoms with Gasteiger partial charge in [-0.05, 0) is 30.2 Å². The SMILES string of the molecule is O=c1[nH]c(-c2cccc(OCCO)n2)nc2sc3c(c12)CCCS3. The number of aliphatic hydroxyl groups excluding tert-OH is 1. The van der Waals surface area contributed by atoms with Gasteiger partial charge in [-0.25, -0.2) is 9.97 Å². The van der Waals surface area contributed by atoms with E-state index in [1.807, 2.05) is 0 Å². The molecule has 24 heavy (non-hydrogen) atoms. The number of nitrogens with one attached hydrogen (secondary N) is 1. The number of rotatable bonds is 4. The number of ether oxygens (including phenoxy) is 1. The van der Waals surface area contributed by atoms with E-state index < -0.39 is 0 Å². The first kappa shape index (κ1) is 15.6. The van der Waals surface area contributed by atoms with Crippen LogP contribution < -0.4 is 10.3 Å². The minimum Gasteiger partial charge on any atom is -0.475 e. The smallest absolute Gasteiger partial charge is 0.260 e. The van der Waals surface area contributed by atoms with Gasteiger partial charge in [-0.15, -0.1) is 23.1 Å². The fourth-order valence-corrected chi connectivity index (χ4v) is 5.23. The van der Waals surface area contributed by atoms with Gasteiger partial charge in [0, 0.05) is 6.07 Å². The number of thiophene rings is 1. The summed E-state index contributed by atoms with van der Waals surface area (Å²) < 4.78 is 6.53. The zero-order valence-corrected chi connectivity index (χ0v) is 14.4. The summed E-state index contributed by atoms with van der Waals surface area (Å²) in [6, 6.07) is 5.27. The summed E-state index contributed by atoms with van der Waals surface area (Å²) in [6.45, 7) is 0.0969. The van der Waals surface area contributed by atoms with Gasteiger partial charge in [0.05, 0.1) is 16.2 Å². The molecule has 1 aliphatic rings. The van der Waals surface area contributed by atoms with Crippen LogP contribution >= 0.6 is 23.1 Å². The lowest BCUT2D eigenvalue weighted by Crippen LogP contribution is -2.11. The molecule has 0 saturated heterocycles. The predicted octanol–water partition coefficient (Wildman–Crippen LogP) is 2.46. The molecule has 0 radical (unpaired) electrons. The standard InChI is InChI=1S/C16H15N3O3S2/c20-6-7-22-11-5-1-4-10(17-11)13-18-14(21)12-9-3-2-8-23-16(9)24-15(12)19-13/h1,4-5,20H,2-3,6-8H2,(H,18,19,21). The maximum atomic E-state index is 12.6. The molecule has 124 valence electrons. The van der Waals surface area contributed by atoms with E-state index in [0.717, 1.165) is 34.4 Å². The molecule has 0 amide bonds. The molecular formula is C16H15N3O3S2. The van der Waals surface area contributed by atoms with Crippen molar-refractivity contribution in [1.29, 1.82) is 0 Å². The van der Waals surface area contributed by atoms with Gasteiger partial charge < -0.3 is 14.8 Å². The van der Waals surface area contributed by atoms with Crippen molar-refractivity contribution >= 4 is 33.3 Å². The van der Waals surface area contributed by atoms with Gasteiger partial charge in [0.2, 0.25) is 5.88 Å². The van der Waals surface area contributed by atoms with Crippen LogP contribution in [0.1, 0.15) is 12.0 Å². The highest BCUT2D eigenvalue weighted by atomic mass is 32.2. The van der Waals surface area contributed by atoms with Crippen LogP contribution in [0.3, 0.4) is 0 Å². The predicted molar refractivity (Wildman–Crippen MR) is 95.1 cm³/mol. The minimum absolute atomic E-state index is 0.0780. The number of aromatic nitrogens is 3. The average molecular weight is 361 g/mol. The number of aliphatic hydroxyl groups is 1. The largest absolute Gasteiger partial charge is 0.475 e. The molecule has 8 heteroatoms. The van der Waals surface area contributed by atoms with Crippen LogP contribution in [0, 0.1) is 0 Å². The van der Waals surface area contributed by atoms with Crippen LogP contribution in [0.2, 0.25) is 0 Å². The molecule has 0 bridgehead atoms. The van der Waals surface area contributed by atoms with Gasteiger partial charge in [-0.3, -0.25) is 4.79 Å². The van der Waals surface area contributed by atoms with Crippen LogP contribution in [0.4, 0.5) is 0 Å². The van der Waals surface area contributed by atoms with Gasteiger partial charge >= 0.3 is 0 Å². The molecule has 1 aliphatic heterocycles. The highest BCUT2D eigenvalue weighted by molar-refractivity contribution is 8.01. The third-order valence-corrected chi connectivity index (χ3v) is 6.26. The van der Waals surface area contributed by atoms with E-state index in [1.54, 1.807) is 41.3 Å². The minimum atomic E-state index is -0.113. The Morgan fingerprint density at radius 3 is 3.12 bits per heavy atom. The van der Waals surface area contributed by atoms with Crippen LogP contribution in [-0.2, 0) is 6.42 Å². The number of aromatic amines is 1. The van der Waals surface area contributed by atoms with Crippen LogP contribution in [0.15, 0.2) is 27.2 Å². The number of hydrogen-bond donors (Lipinski definition) is 2. The highest BCUT2D eigenvalue weighted by Crippen LogP contribution is 2.40. The molecule has 0 atom stereocenters. The molecule has 0 spiro atoms. The van der Waals surface area contributed by atoms with Crippen molar-refractivity contribution in [2.45, 2.75) is 17.1 Å². The van der Waals surface area contributed by atoms with E-state index in [9.17, 15) is 4.79 Å². The molecule has 3 aromatic heterocycles. The van der Waals surface area contributed by atoms with Crippen molar-refractivity contribution in [3.63, 3.8) is 0 Å². The van der Waals surface area contributed by atoms with Gasteiger partial charge in [0.25, 0.3) is 5.56 Å². The zero-order valence-electron chi connectivity index (χ0n) is 12.7. The maximum Gasteiger partial charge on any atom is 0.260 e. The molecular weight excluding hydrogens is 346 g/mol. The first-order chi connectivity index (χ1) is 11.8. The Morgan fingerprint density at radius 2 is 2.25 bits per heavy atom.